The monoisotopic (exact) mass is 409 g/mol. The Morgan fingerprint density at radius 2 is 1.95 bits per heavy atom. The molecule has 2 rings (SSSR count). The van der Waals surface area contributed by atoms with Crippen LogP contribution in [0.2, 0.25) is 5.02 Å². The van der Waals surface area contributed by atoms with Crippen LogP contribution >= 0.6 is 38.9 Å². The lowest BCUT2D eigenvalue weighted by molar-refractivity contribution is 0.0697. The third-order valence-corrected chi connectivity index (χ3v) is 6.90. The van der Waals surface area contributed by atoms with E-state index >= 15 is 0 Å². The molecule has 0 aliphatic carbocycles. The molecule has 0 aliphatic rings. The number of thiophene rings is 1. The molecule has 21 heavy (non-hydrogen) atoms. The summed E-state index contributed by atoms with van der Waals surface area (Å²) in [6.07, 6.45) is 0. The van der Waals surface area contributed by atoms with Gasteiger partial charge in [0.25, 0.3) is 0 Å². The molecule has 0 atom stereocenters. The van der Waals surface area contributed by atoms with Crippen molar-refractivity contribution in [2.24, 2.45) is 0 Å². The van der Waals surface area contributed by atoms with E-state index < -0.39 is 16.0 Å². The molecule has 0 saturated carbocycles. The number of rotatable bonds is 5. The Hall–Kier alpha value is -0.930. The van der Waals surface area contributed by atoms with E-state index in [2.05, 4.69) is 20.7 Å². The molecule has 1 aromatic carbocycles. The van der Waals surface area contributed by atoms with E-state index in [1.165, 1.54) is 18.2 Å². The Kier molecular flexibility index (Phi) is 5.05. The molecule has 2 N–H and O–H groups in total. The van der Waals surface area contributed by atoms with Gasteiger partial charge in [0.2, 0.25) is 10.0 Å². The standard InChI is InChI=1S/C12H9BrClNO4S2/c13-11-9(14)5-10(20-11)21(18,19)15-6-7-1-3-8(4-2-7)12(16)17/h1-5,15H,6H2,(H,16,17). The topological polar surface area (TPSA) is 83.5 Å². The lowest BCUT2D eigenvalue weighted by atomic mass is 10.1. The van der Waals surface area contributed by atoms with Crippen molar-refractivity contribution in [1.82, 2.24) is 4.72 Å². The van der Waals surface area contributed by atoms with E-state index in [1.807, 2.05) is 0 Å². The van der Waals surface area contributed by atoms with Crippen molar-refractivity contribution in [3.63, 3.8) is 0 Å². The smallest absolute Gasteiger partial charge is 0.335 e. The Morgan fingerprint density at radius 3 is 2.43 bits per heavy atom. The number of carboxylic acids is 1. The number of halogens is 2. The highest BCUT2D eigenvalue weighted by Gasteiger charge is 2.18. The van der Waals surface area contributed by atoms with Crippen LogP contribution in [0.15, 0.2) is 38.3 Å². The van der Waals surface area contributed by atoms with Gasteiger partial charge in [0.15, 0.2) is 0 Å². The van der Waals surface area contributed by atoms with E-state index in [0.717, 1.165) is 11.3 Å². The van der Waals surface area contributed by atoms with Gasteiger partial charge in [-0.25, -0.2) is 17.9 Å². The molecule has 0 fully saturated rings. The first-order valence-electron chi connectivity index (χ1n) is 5.56. The molecule has 0 radical (unpaired) electrons. The van der Waals surface area contributed by atoms with Crippen LogP contribution in [0.3, 0.4) is 0 Å². The molecule has 0 unspecified atom stereocenters. The van der Waals surface area contributed by atoms with Gasteiger partial charge < -0.3 is 5.11 Å². The van der Waals surface area contributed by atoms with E-state index in [4.69, 9.17) is 16.7 Å². The van der Waals surface area contributed by atoms with Crippen LogP contribution in [0.5, 0.6) is 0 Å². The fourth-order valence-corrected chi connectivity index (χ4v) is 4.93. The average molecular weight is 411 g/mol. The van der Waals surface area contributed by atoms with Gasteiger partial charge in [-0.15, -0.1) is 11.3 Å². The van der Waals surface area contributed by atoms with Crippen molar-refractivity contribution in [2.75, 3.05) is 0 Å². The summed E-state index contributed by atoms with van der Waals surface area (Å²) in [6, 6.07) is 7.33. The number of nitrogens with one attached hydrogen (secondary N) is 1. The van der Waals surface area contributed by atoms with Crippen LogP contribution in [-0.4, -0.2) is 19.5 Å². The first-order valence-corrected chi connectivity index (χ1v) is 9.03. The van der Waals surface area contributed by atoms with Crippen molar-refractivity contribution >= 4 is 54.9 Å². The van der Waals surface area contributed by atoms with Gasteiger partial charge >= 0.3 is 5.97 Å². The molecular weight excluding hydrogens is 402 g/mol. The van der Waals surface area contributed by atoms with Crippen LogP contribution < -0.4 is 4.72 Å². The summed E-state index contributed by atoms with van der Waals surface area (Å²) in [6.45, 7) is 0.0649. The van der Waals surface area contributed by atoms with Crippen molar-refractivity contribution < 1.29 is 18.3 Å². The maximum Gasteiger partial charge on any atom is 0.335 e. The molecule has 0 saturated heterocycles. The molecule has 112 valence electrons. The molecule has 5 nitrogen and oxygen atoms in total. The van der Waals surface area contributed by atoms with Gasteiger partial charge in [-0.1, -0.05) is 23.7 Å². The highest BCUT2D eigenvalue weighted by atomic mass is 79.9. The van der Waals surface area contributed by atoms with Gasteiger partial charge in [-0.05, 0) is 39.7 Å². The minimum atomic E-state index is -3.65. The predicted molar refractivity (Wildman–Crippen MR) is 84.5 cm³/mol. The molecule has 2 aromatic rings. The molecule has 1 aromatic heterocycles. The normalized spacial score (nSPS) is 11.5. The summed E-state index contributed by atoms with van der Waals surface area (Å²) in [5.41, 5.74) is 0.806. The zero-order valence-electron chi connectivity index (χ0n) is 10.3. The first kappa shape index (κ1) is 16.4. The van der Waals surface area contributed by atoms with Crippen LogP contribution in [0.4, 0.5) is 0 Å². The zero-order valence-corrected chi connectivity index (χ0v) is 14.3. The van der Waals surface area contributed by atoms with Crippen LogP contribution in [0.25, 0.3) is 0 Å². The Morgan fingerprint density at radius 1 is 1.33 bits per heavy atom. The van der Waals surface area contributed by atoms with Crippen LogP contribution in [0.1, 0.15) is 15.9 Å². The quantitative estimate of drug-likeness (QED) is 0.792. The van der Waals surface area contributed by atoms with Gasteiger partial charge in [0.05, 0.1) is 14.4 Å². The predicted octanol–water partition coefficient (Wildman–Crippen LogP) is 3.34. The van der Waals surface area contributed by atoms with Crippen molar-refractivity contribution in [1.29, 1.82) is 0 Å². The molecule has 0 spiro atoms. The molecule has 0 amide bonds. The lowest BCUT2D eigenvalue weighted by Gasteiger charge is -2.05. The summed E-state index contributed by atoms with van der Waals surface area (Å²) in [7, 11) is -3.65. The van der Waals surface area contributed by atoms with E-state index in [1.54, 1.807) is 12.1 Å². The lowest BCUT2D eigenvalue weighted by Crippen LogP contribution is -2.22. The van der Waals surface area contributed by atoms with Crippen molar-refractivity contribution in [3.8, 4) is 0 Å². The number of carboxylic acid groups (broad SMARTS) is 1. The SMILES string of the molecule is O=C(O)c1ccc(CNS(=O)(=O)c2cc(Cl)c(Br)s2)cc1. The summed E-state index contributed by atoms with van der Waals surface area (Å²) in [5, 5.41) is 9.12. The largest absolute Gasteiger partial charge is 0.478 e. The third-order valence-electron chi connectivity index (χ3n) is 2.55. The summed E-state index contributed by atoms with van der Waals surface area (Å²) in [4.78, 5) is 10.7. The van der Waals surface area contributed by atoms with E-state index in [-0.39, 0.29) is 16.3 Å². The van der Waals surface area contributed by atoms with Gasteiger partial charge in [-0.3, -0.25) is 0 Å². The molecule has 0 bridgehead atoms. The third kappa shape index (κ3) is 4.04. The highest BCUT2D eigenvalue weighted by Crippen LogP contribution is 2.34. The molecule has 9 heteroatoms. The number of aromatic carboxylic acids is 1. The minimum Gasteiger partial charge on any atom is -0.478 e. The van der Waals surface area contributed by atoms with Crippen molar-refractivity contribution in [2.45, 2.75) is 10.8 Å². The maximum atomic E-state index is 12.1. The molecular formula is C12H9BrClNO4S2. The highest BCUT2D eigenvalue weighted by molar-refractivity contribution is 9.11. The van der Waals surface area contributed by atoms with Gasteiger partial charge in [0, 0.05) is 6.54 Å². The first-order chi connectivity index (χ1) is 9.79. The van der Waals surface area contributed by atoms with Crippen LogP contribution in [0, 0.1) is 0 Å². The summed E-state index contributed by atoms with van der Waals surface area (Å²) >= 11 is 10.00. The van der Waals surface area contributed by atoms with E-state index in [9.17, 15) is 13.2 Å². The average Bonchev–Trinajstić information content (AvgIpc) is 2.78. The second kappa shape index (κ2) is 6.45. The van der Waals surface area contributed by atoms with Gasteiger partial charge in [0.1, 0.15) is 4.21 Å². The Balaban J connectivity index is 2.09. The summed E-state index contributed by atoms with van der Waals surface area (Å²) in [5.74, 6) is -1.03. The minimum absolute atomic E-state index is 0.0649. The summed E-state index contributed by atoms with van der Waals surface area (Å²) < 4.78 is 27.2. The number of hydrogen-bond acceptors (Lipinski definition) is 4. The molecule has 1 heterocycles. The van der Waals surface area contributed by atoms with Gasteiger partial charge in [-0.2, -0.15) is 0 Å². The van der Waals surface area contributed by atoms with Crippen LogP contribution in [-0.2, 0) is 16.6 Å². The number of benzene rings is 1. The zero-order chi connectivity index (χ0) is 15.6. The molecule has 0 aliphatic heterocycles. The fraction of sp³-hybridized carbons (Fsp3) is 0.0833. The number of hydrogen-bond donors (Lipinski definition) is 2. The maximum absolute atomic E-state index is 12.1. The Bertz CT molecular complexity index is 752. The number of sulfonamides is 1. The van der Waals surface area contributed by atoms with E-state index in [0.29, 0.717) is 14.4 Å². The second-order valence-electron chi connectivity index (χ2n) is 4.01. The Labute approximate surface area is 138 Å². The second-order valence-corrected chi connectivity index (χ2v) is 8.78. The number of carbonyl (C=O) groups is 1. The van der Waals surface area contributed by atoms with Crippen molar-refractivity contribution in [3.05, 3.63) is 50.3 Å². The fourth-order valence-electron chi connectivity index (χ4n) is 1.47.